The van der Waals surface area contributed by atoms with E-state index in [1.54, 1.807) is 0 Å². The summed E-state index contributed by atoms with van der Waals surface area (Å²) >= 11 is 0. The molecule has 3 heteroatoms. The van der Waals surface area contributed by atoms with E-state index < -0.39 is 0 Å². The Hall–Kier alpha value is -0.570. The summed E-state index contributed by atoms with van der Waals surface area (Å²) in [5.41, 5.74) is 5.20. The molecule has 4 bridgehead atoms. The second kappa shape index (κ2) is 2.72. The first-order valence-electron chi connectivity index (χ1n) is 5.63. The van der Waals surface area contributed by atoms with Crippen LogP contribution in [-0.4, -0.2) is 18.1 Å². The van der Waals surface area contributed by atoms with E-state index in [1.807, 2.05) is 0 Å². The van der Waals surface area contributed by atoms with Crippen molar-refractivity contribution in [3.05, 3.63) is 0 Å². The monoisotopic (exact) mass is 195 g/mol. The highest BCUT2D eigenvalue weighted by atomic mass is 16.6. The molecule has 4 aliphatic carbocycles. The second-order valence-electron chi connectivity index (χ2n) is 5.33. The molecule has 2 N–H and O–H groups in total. The summed E-state index contributed by atoms with van der Waals surface area (Å²) in [4.78, 5) is 11.2. The van der Waals surface area contributed by atoms with Gasteiger partial charge in [-0.2, -0.15) is 0 Å². The smallest absolute Gasteiger partial charge is 0.320 e. The fourth-order valence-electron chi connectivity index (χ4n) is 4.14. The van der Waals surface area contributed by atoms with Crippen LogP contribution in [0.15, 0.2) is 0 Å². The fourth-order valence-corrected chi connectivity index (χ4v) is 4.14. The Morgan fingerprint density at radius 3 is 2.43 bits per heavy atom. The summed E-state index contributed by atoms with van der Waals surface area (Å²) in [6.07, 6.45) is 6.09. The van der Waals surface area contributed by atoms with Crippen LogP contribution in [0.3, 0.4) is 0 Å². The molecule has 4 rings (SSSR count). The Morgan fingerprint density at radius 1 is 1.29 bits per heavy atom. The van der Waals surface area contributed by atoms with Crippen LogP contribution in [0.1, 0.15) is 32.1 Å². The average molecular weight is 195 g/mol. The van der Waals surface area contributed by atoms with Gasteiger partial charge in [0, 0.05) is 0 Å². The van der Waals surface area contributed by atoms with E-state index in [9.17, 15) is 4.79 Å². The maximum atomic E-state index is 11.2. The van der Waals surface area contributed by atoms with Crippen LogP contribution in [0.2, 0.25) is 0 Å². The summed E-state index contributed by atoms with van der Waals surface area (Å²) < 4.78 is 5.56. The third-order valence-electron chi connectivity index (χ3n) is 4.36. The van der Waals surface area contributed by atoms with E-state index in [-0.39, 0.29) is 18.1 Å². The van der Waals surface area contributed by atoms with E-state index in [2.05, 4.69) is 0 Å². The SMILES string of the molecule is NCC(=O)OC12CC3CC(C1)C(C3)C2. The van der Waals surface area contributed by atoms with Gasteiger partial charge in [0.15, 0.2) is 0 Å². The molecule has 0 heterocycles. The van der Waals surface area contributed by atoms with Crippen LogP contribution >= 0.6 is 0 Å². The van der Waals surface area contributed by atoms with Gasteiger partial charge in [0.1, 0.15) is 5.60 Å². The highest BCUT2D eigenvalue weighted by molar-refractivity contribution is 5.72. The van der Waals surface area contributed by atoms with E-state index in [0.29, 0.717) is 0 Å². The minimum absolute atomic E-state index is 0.0295. The first kappa shape index (κ1) is 8.72. The molecule has 4 aliphatic rings. The number of carbonyl (C=O) groups excluding carboxylic acids is 1. The number of nitrogens with two attached hydrogens (primary N) is 1. The van der Waals surface area contributed by atoms with Crippen LogP contribution in [-0.2, 0) is 9.53 Å². The van der Waals surface area contributed by atoms with Gasteiger partial charge in [-0.25, -0.2) is 0 Å². The highest BCUT2D eigenvalue weighted by Crippen LogP contribution is 2.61. The van der Waals surface area contributed by atoms with Gasteiger partial charge in [0.2, 0.25) is 0 Å². The minimum atomic E-state index is -0.216. The van der Waals surface area contributed by atoms with E-state index in [1.165, 1.54) is 12.8 Å². The number of ether oxygens (including phenoxy) is 1. The average Bonchev–Trinajstić information content (AvgIpc) is 2.53. The quantitative estimate of drug-likeness (QED) is 0.670. The van der Waals surface area contributed by atoms with Gasteiger partial charge in [-0.3, -0.25) is 4.79 Å². The molecule has 4 fully saturated rings. The lowest BCUT2D eigenvalue weighted by atomic mass is 9.78. The van der Waals surface area contributed by atoms with Gasteiger partial charge in [0.05, 0.1) is 6.54 Å². The Kier molecular flexibility index (Phi) is 1.69. The summed E-state index contributed by atoms with van der Waals surface area (Å²) in [6.45, 7) is 0.0295. The van der Waals surface area contributed by atoms with Crippen LogP contribution in [0, 0.1) is 17.8 Å². The molecule has 0 aromatic rings. The second-order valence-corrected chi connectivity index (χ2v) is 5.33. The third-order valence-corrected chi connectivity index (χ3v) is 4.36. The van der Waals surface area contributed by atoms with E-state index in [4.69, 9.17) is 10.5 Å². The molecule has 0 radical (unpaired) electrons. The van der Waals surface area contributed by atoms with Crippen LogP contribution in [0.5, 0.6) is 0 Å². The van der Waals surface area contributed by atoms with Crippen molar-refractivity contribution in [2.45, 2.75) is 37.7 Å². The van der Waals surface area contributed by atoms with E-state index >= 15 is 0 Å². The van der Waals surface area contributed by atoms with Crippen molar-refractivity contribution in [3.8, 4) is 0 Å². The predicted molar refractivity (Wildman–Crippen MR) is 51.4 cm³/mol. The lowest BCUT2D eigenvalue weighted by Gasteiger charge is -2.37. The maximum absolute atomic E-state index is 11.2. The fraction of sp³-hybridized carbons (Fsp3) is 0.909. The Balaban J connectivity index is 1.77. The van der Waals surface area contributed by atoms with E-state index in [0.717, 1.165) is 37.0 Å². The van der Waals surface area contributed by atoms with Crippen molar-refractivity contribution in [2.75, 3.05) is 6.54 Å². The molecule has 0 aliphatic heterocycles. The number of rotatable bonds is 2. The van der Waals surface area contributed by atoms with Gasteiger partial charge in [0.25, 0.3) is 0 Å². The zero-order chi connectivity index (χ0) is 9.76. The lowest BCUT2D eigenvalue weighted by Crippen LogP contribution is -2.40. The molecule has 0 aromatic carbocycles. The maximum Gasteiger partial charge on any atom is 0.320 e. The molecule has 14 heavy (non-hydrogen) atoms. The van der Waals surface area contributed by atoms with Crippen molar-refractivity contribution in [1.82, 2.24) is 0 Å². The molecule has 0 spiro atoms. The first-order chi connectivity index (χ1) is 6.71. The Morgan fingerprint density at radius 2 is 1.93 bits per heavy atom. The lowest BCUT2D eigenvalue weighted by molar-refractivity contribution is -0.162. The van der Waals surface area contributed by atoms with Gasteiger partial charge in [-0.05, 0) is 49.9 Å². The molecular weight excluding hydrogens is 178 g/mol. The van der Waals surface area contributed by atoms with Crippen LogP contribution in [0.4, 0.5) is 0 Å². The van der Waals surface area contributed by atoms with Gasteiger partial charge in [-0.15, -0.1) is 0 Å². The van der Waals surface area contributed by atoms with Gasteiger partial charge < -0.3 is 10.5 Å². The van der Waals surface area contributed by atoms with Gasteiger partial charge in [-0.1, -0.05) is 0 Å². The molecule has 78 valence electrons. The number of hydrogen-bond acceptors (Lipinski definition) is 3. The summed E-state index contributed by atoms with van der Waals surface area (Å²) in [5, 5.41) is 0. The highest BCUT2D eigenvalue weighted by Gasteiger charge is 2.57. The molecule has 2 atom stereocenters. The molecular formula is C11H17NO2. The largest absolute Gasteiger partial charge is 0.458 e. The summed E-state index contributed by atoms with van der Waals surface area (Å²) in [7, 11) is 0. The minimum Gasteiger partial charge on any atom is -0.458 e. The summed E-state index contributed by atoms with van der Waals surface area (Å²) in [5.74, 6) is 2.31. The molecule has 0 saturated heterocycles. The molecule has 0 aromatic heterocycles. The molecule has 3 nitrogen and oxygen atoms in total. The number of carbonyl (C=O) groups is 1. The van der Waals surface area contributed by atoms with Crippen LogP contribution in [0.25, 0.3) is 0 Å². The van der Waals surface area contributed by atoms with Crippen molar-refractivity contribution >= 4 is 5.97 Å². The molecule has 2 unspecified atom stereocenters. The number of esters is 1. The Labute approximate surface area is 84.0 Å². The normalized spacial score (nSPS) is 48.5. The van der Waals surface area contributed by atoms with Gasteiger partial charge >= 0.3 is 5.97 Å². The van der Waals surface area contributed by atoms with Crippen molar-refractivity contribution < 1.29 is 9.53 Å². The van der Waals surface area contributed by atoms with Crippen molar-refractivity contribution in [2.24, 2.45) is 23.5 Å². The predicted octanol–water partition coefficient (Wildman–Crippen LogP) is 1.07. The number of hydrogen-bond donors (Lipinski definition) is 1. The molecule has 4 saturated carbocycles. The molecule has 0 amide bonds. The standard InChI is InChI=1S/C11H17NO2/c12-6-10(13)14-11-3-7-1-8(4-11)9(2-7)5-11/h7-9H,1-6,12H2. The topological polar surface area (TPSA) is 52.3 Å². The third kappa shape index (κ3) is 1.11. The van der Waals surface area contributed by atoms with Crippen LogP contribution < -0.4 is 5.73 Å². The zero-order valence-corrected chi connectivity index (χ0v) is 8.37. The summed E-state index contributed by atoms with van der Waals surface area (Å²) in [6, 6.07) is 0. The van der Waals surface area contributed by atoms with Crippen molar-refractivity contribution in [3.63, 3.8) is 0 Å². The van der Waals surface area contributed by atoms with Crippen molar-refractivity contribution in [1.29, 1.82) is 0 Å². The zero-order valence-electron chi connectivity index (χ0n) is 8.37. The first-order valence-corrected chi connectivity index (χ1v) is 5.63. The Bertz CT molecular complexity index is 257.